The normalized spacial score (nSPS) is 41.4. The van der Waals surface area contributed by atoms with E-state index in [1.807, 2.05) is 6.92 Å². The molecule has 94 valence electrons. The van der Waals surface area contributed by atoms with Gasteiger partial charge in [0.1, 0.15) is 0 Å². The lowest BCUT2D eigenvalue weighted by molar-refractivity contribution is -0.0229. The quantitative estimate of drug-likeness (QED) is 0.724. The van der Waals surface area contributed by atoms with Crippen molar-refractivity contribution in [2.45, 2.75) is 31.8 Å². The van der Waals surface area contributed by atoms with E-state index in [4.69, 9.17) is 10.5 Å². The fourth-order valence-corrected chi connectivity index (χ4v) is 2.91. The molecule has 0 saturated carbocycles. The number of hydrogen-bond donors (Lipinski definition) is 2. The predicted octanol–water partition coefficient (Wildman–Crippen LogP) is 0.199. The molecule has 2 aliphatic rings. The highest BCUT2D eigenvalue weighted by Gasteiger charge is 2.38. The van der Waals surface area contributed by atoms with Gasteiger partial charge >= 0.3 is 0 Å². The number of hydrogen-bond acceptors (Lipinski definition) is 4. The molecule has 0 aromatic carbocycles. The van der Waals surface area contributed by atoms with Gasteiger partial charge in [-0.05, 0) is 26.2 Å². The van der Waals surface area contributed by atoms with E-state index < -0.39 is 5.60 Å². The Morgan fingerprint density at radius 3 is 2.75 bits per heavy atom. The molecule has 2 unspecified atom stereocenters. The number of β-amino-alcohol motifs (C(OH)–C–C–N with tert-alkyl or cyclic N) is 1. The zero-order valence-corrected chi connectivity index (χ0v) is 10.2. The summed E-state index contributed by atoms with van der Waals surface area (Å²) in [5, 5.41) is 9.95. The van der Waals surface area contributed by atoms with Crippen molar-refractivity contribution in [1.29, 1.82) is 0 Å². The van der Waals surface area contributed by atoms with E-state index in [0.717, 1.165) is 52.1 Å². The van der Waals surface area contributed by atoms with E-state index in [-0.39, 0.29) is 5.41 Å². The number of nitrogens with two attached hydrogens (primary N) is 1. The Morgan fingerprint density at radius 1 is 1.44 bits per heavy atom. The smallest absolute Gasteiger partial charge is 0.0758 e. The van der Waals surface area contributed by atoms with Crippen molar-refractivity contribution in [2.75, 3.05) is 39.4 Å². The van der Waals surface area contributed by atoms with Crippen LogP contribution in [-0.4, -0.2) is 55.0 Å². The lowest BCUT2D eigenvalue weighted by atomic mass is 9.82. The number of rotatable bonds is 3. The Morgan fingerprint density at radius 2 is 2.25 bits per heavy atom. The third kappa shape index (κ3) is 2.74. The Labute approximate surface area is 97.7 Å². The van der Waals surface area contributed by atoms with Crippen LogP contribution >= 0.6 is 0 Å². The van der Waals surface area contributed by atoms with E-state index in [0.29, 0.717) is 6.54 Å². The molecule has 0 aromatic rings. The van der Waals surface area contributed by atoms with E-state index in [2.05, 4.69) is 4.90 Å². The molecular weight excluding hydrogens is 204 g/mol. The van der Waals surface area contributed by atoms with Gasteiger partial charge in [0.05, 0.1) is 12.2 Å². The standard InChI is InChI=1S/C12H24N2O2/c1-11(15)4-5-14(8-11)9-12(7-13)3-2-6-16-10-12/h15H,2-10,13H2,1H3. The Kier molecular flexibility index (Phi) is 3.54. The first kappa shape index (κ1) is 12.3. The minimum absolute atomic E-state index is 0.124. The van der Waals surface area contributed by atoms with Crippen LogP contribution in [0.1, 0.15) is 26.2 Å². The number of likely N-dealkylation sites (tertiary alicyclic amines) is 1. The van der Waals surface area contributed by atoms with Crippen LogP contribution in [0.4, 0.5) is 0 Å². The highest BCUT2D eigenvalue weighted by Crippen LogP contribution is 2.31. The average molecular weight is 228 g/mol. The van der Waals surface area contributed by atoms with Gasteiger partial charge in [0.15, 0.2) is 0 Å². The molecule has 2 heterocycles. The van der Waals surface area contributed by atoms with Crippen molar-refractivity contribution >= 4 is 0 Å². The molecule has 0 spiro atoms. The van der Waals surface area contributed by atoms with Crippen molar-refractivity contribution in [2.24, 2.45) is 11.1 Å². The van der Waals surface area contributed by atoms with E-state index in [9.17, 15) is 5.11 Å². The van der Waals surface area contributed by atoms with Crippen LogP contribution in [0.25, 0.3) is 0 Å². The molecule has 4 nitrogen and oxygen atoms in total. The van der Waals surface area contributed by atoms with Gasteiger partial charge in [0, 0.05) is 38.2 Å². The molecule has 2 rings (SSSR count). The van der Waals surface area contributed by atoms with Gasteiger partial charge < -0.3 is 15.6 Å². The third-order valence-electron chi connectivity index (χ3n) is 3.93. The van der Waals surface area contributed by atoms with Crippen LogP contribution < -0.4 is 5.73 Å². The van der Waals surface area contributed by atoms with Crippen LogP contribution in [0.3, 0.4) is 0 Å². The lowest BCUT2D eigenvalue weighted by Crippen LogP contribution is -2.47. The van der Waals surface area contributed by atoms with Crippen molar-refractivity contribution in [1.82, 2.24) is 4.90 Å². The summed E-state index contributed by atoms with van der Waals surface area (Å²) in [5.74, 6) is 0. The van der Waals surface area contributed by atoms with Gasteiger partial charge in [-0.1, -0.05) is 0 Å². The second-order valence-electron chi connectivity index (χ2n) is 5.82. The second-order valence-corrected chi connectivity index (χ2v) is 5.82. The minimum Gasteiger partial charge on any atom is -0.389 e. The molecule has 0 amide bonds. The topological polar surface area (TPSA) is 58.7 Å². The van der Waals surface area contributed by atoms with Gasteiger partial charge in [0.2, 0.25) is 0 Å². The van der Waals surface area contributed by atoms with Crippen LogP contribution in [0.2, 0.25) is 0 Å². The second kappa shape index (κ2) is 4.61. The number of nitrogens with zero attached hydrogens (tertiary/aromatic N) is 1. The van der Waals surface area contributed by atoms with Gasteiger partial charge in [0.25, 0.3) is 0 Å². The molecule has 2 aliphatic heterocycles. The van der Waals surface area contributed by atoms with E-state index in [1.165, 1.54) is 0 Å². The Bertz CT molecular complexity index is 237. The van der Waals surface area contributed by atoms with Gasteiger partial charge in [-0.2, -0.15) is 0 Å². The highest BCUT2D eigenvalue weighted by atomic mass is 16.5. The maximum atomic E-state index is 9.95. The van der Waals surface area contributed by atoms with Gasteiger partial charge in [-0.25, -0.2) is 0 Å². The van der Waals surface area contributed by atoms with Gasteiger partial charge in [-0.15, -0.1) is 0 Å². The van der Waals surface area contributed by atoms with Crippen LogP contribution in [0.5, 0.6) is 0 Å². The van der Waals surface area contributed by atoms with Crippen LogP contribution in [0.15, 0.2) is 0 Å². The summed E-state index contributed by atoms with van der Waals surface area (Å²) in [6, 6.07) is 0. The number of aliphatic hydroxyl groups is 1. The summed E-state index contributed by atoms with van der Waals surface area (Å²) >= 11 is 0. The molecule has 16 heavy (non-hydrogen) atoms. The summed E-state index contributed by atoms with van der Waals surface area (Å²) in [5.41, 5.74) is 5.53. The molecule has 3 N–H and O–H groups in total. The molecule has 2 atom stereocenters. The SMILES string of the molecule is CC1(O)CCN(CC2(CN)CCCOC2)C1. The van der Waals surface area contributed by atoms with Crippen molar-refractivity contribution in [3.8, 4) is 0 Å². The zero-order chi connectivity index (χ0) is 11.6. The summed E-state index contributed by atoms with van der Waals surface area (Å²) in [6.45, 7) is 6.98. The minimum atomic E-state index is -0.509. The lowest BCUT2D eigenvalue weighted by Gasteiger charge is -2.39. The first-order valence-corrected chi connectivity index (χ1v) is 6.28. The molecule has 4 heteroatoms. The first-order valence-electron chi connectivity index (χ1n) is 6.28. The third-order valence-corrected chi connectivity index (χ3v) is 3.93. The molecule has 0 aliphatic carbocycles. The average Bonchev–Trinajstić information content (AvgIpc) is 2.59. The van der Waals surface area contributed by atoms with Crippen LogP contribution in [-0.2, 0) is 4.74 Å². The summed E-state index contributed by atoms with van der Waals surface area (Å²) in [4.78, 5) is 2.33. The fourth-order valence-electron chi connectivity index (χ4n) is 2.91. The maximum absolute atomic E-state index is 9.95. The predicted molar refractivity (Wildman–Crippen MR) is 63.2 cm³/mol. The Balaban J connectivity index is 1.91. The molecule has 2 saturated heterocycles. The zero-order valence-electron chi connectivity index (χ0n) is 10.2. The van der Waals surface area contributed by atoms with Crippen LogP contribution in [0, 0.1) is 5.41 Å². The molecular formula is C12H24N2O2. The maximum Gasteiger partial charge on any atom is 0.0758 e. The molecule has 0 aromatic heterocycles. The Hall–Kier alpha value is -0.160. The highest BCUT2D eigenvalue weighted by molar-refractivity contribution is 4.92. The van der Waals surface area contributed by atoms with E-state index in [1.54, 1.807) is 0 Å². The van der Waals surface area contributed by atoms with Crippen molar-refractivity contribution < 1.29 is 9.84 Å². The number of ether oxygens (including phenoxy) is 1. The summed E-state index contributed by atoms with van der Waals surface area (Å²) in [7, 11) is 0. The fraction of sp³-hybridized carbons (Fsp3) is 1.00. The summed E-state index contributed by atoms with van der Waals surface area (Å²) < 4.78 is 5.57. The molecule has 0 radical (unpaired) electrons. The van der Waals surface area contributed by atoms with Gasteiger partial charge in [-0.3, -0.25) is 4.90 Å². The molecule has 0 bridgehead atoms. The largest absolute Gasteiger partial charge is 0.389 e. The van der Waals surface area contributed by atoms with E-state index >= 15 is 0 Å². The first-order chi connectivity index (χ1) is 7.55. The van der Waals surface area contributed by atoms with Crippen molar-refractivity contribution in [3.63, 3.8) is 0 Å². The summed E-state index contributed by atoms with van der Waals surface area (Å²) in [6.07, 6.45) is 3.14. The monoisotopic (exact) mass is 228 g/mol. The molecule has 2 fully saturated rings. The van der Waals surface area contributed by atoms with Crippen molar-refractivity contribution in [3.05, 3.63) is 0 Å².